The highest BCUT2D eigenvalue weighted by Gasteiger charge is 2.43. The predicted molar refractivity (Wildman–Crippen MR) is 206 cm³/mol. The number of hydrogen-bond acceptors (Lipinski definition) is 18. The highest BCUT2D eigenvalue weighted by atomic mass is 31.3. The summed E-state index contributed by atoms with van der Waals surface area (Å²) in [6.07, 6.45) is -1.59. The first-order chi connectivity index (χ1) is 28.8. The number of nitrogens with one attached hydrogen (secondary N) is 2. The van der Waals surface area contributed by atoms with Crippen LogP contribution in [0.3, 0.4) is 0 Å². The predicted octanol–water partition coefficient (Wildman–Crippen LogP) is 1.17. The van der Waals surface area contributed by atoms with Gasteiger partial charge in [-0.2, -0.15) is 13.6 Å². The molecule has 0 saturated carbocycles. The van der Waals surface area contributed by atoms with Crippen molar-refractivity contribution < 1.29 is 75.0 Å². The number of unbranched alkanes of at least 4 members (excludes halogenated alkanes) is 2. The zero-order valence-electron chi connectivity index (χ0n) is 31.6. The lowest BCUT2D eigenvalue weighted by atomic mass is 10.2. The SMILES string of the molecule is [N-]=[N+]=NCOC1CC(n2cc(C#CCNC(=O)COC(COc3cccc(C(=O)NCCCCCN)c3)N=[N+]=[N-])c(N)nc2=O)OC1COP(=O)(O)OP(=O)(O)OP(=O)(O)O. The third-order valence-corrected chi connectivity index (χ3v) is 11.3. The number of carbonyl (C=O) groups excluding carboxylic acids is 2. The van der Waals surface area contributed by atoms with Crippen molar-refractivity contribution in [2.24, 2.45) is 16.0 Å². The van der Waals surface area contributed by atoms with Gasteiger partial charge in [-0.15, -0.1) is 0 Å². The molecule has 0 radical (unpaired) electrons. The molecule has 3 rings (SSSR count). The third-order valence-electron chi connectivity index (χ3n) is 7.54. The summed E-state index contributed by atoms with van der Waals surface area (Å²) in [6, 6.07) is 6.26. The fraction of sp³-hybridized carbons (Fsp3) is 0.517. The second-order valence-electron chi connectivity index (χ2n) is 12.0. The molecule has 2 amide bonds. The van der Waals surface area contributed by atoms with Gasteiger partial charge in [0, 0.05) is 34.5 Å². The van der Waals surface area contributed by atoms with Crippen molar-refractivity contribution in [1.82, 2.24) is 20.2 Å². The number of nitrogens with zero attached hydrogens (tertiary/aromatic N) is 8. The van der Waals surface area contributed by atoms with E-state index in [9.17, 15) is 37.9 Å². The first kappa shape index (κ1) is 50.4. The maximum absolute atomic E-state index is 12.8. The van der Waals surface area contributed by atoms with E-state index in [0.717, 1.165) is 30.0 Å². The molecular weight excluding hydrogens is 881 g/mol. The molecular formula is C29H41N12O17P3. The minimum absolute atomic E-state index is 0.0263. The van der Waals surface area contributed by atoms with Gasteiger partial charge in [-0.05, 0) is 48.6 Å². The number of rotatable bonds is 25. The number of azide groups is 2. The summed E-state index contributed by atoms with van der Waals surface area (Å²) in [4.78, 5) is 83.3. The van der Waals surface area contributed by atoms with Crippen molar-refractivity contribution in [2.75, 3.05) is 51.9 Å². The summed E-state index contributed by atoms with van der Waals surface area (Å²) in [6.45, 7) is -1.65. The van der Waals surface area contributed by atoms with Gasteiger partial charge in [0.25, 0.3) is 5.91 Å². The first-order valence-electron chi connectivity index (χ1n) is 17.4. The van der Waals surface area contributed by atoms with Crippen LogP contribution in [-0.4, -0.2) is 106 Å². The summed E-state index contributed by atoms with van der Waals surface area (Å²) in [5.41, 5.74) is 28.3. The van der Waals surface area contributed by atoms with Crippen LogP contribution in [0.5, 0.6) is 5.75 Å². The van der Waals surface area contributed by atoms with Crippen LogP contribution in [-0.2, 0) is 45.8 Å². The Balaban J connectivity index is 1.58. The average molecular weight is 923 g/mol. The summed E-state index contributed by atoms with van der Waals surface area (Å²) in [5.74, 6) is 4.20. The van der Waals surface area contributed by atoms with Crippen LogP contribution < -0.4 is 32.5 Å². The Morgan fingerprint density at radius 1 is 1.10 bits per heavy atom. The molecule has 10 N–H and O–H groups in total. The number of anilines is 1. The van der Waals surface area contributed by atoms with E-state index in [1.165, 1.54) is 6.07 Å². The van der Waals surface area contributed by atoms with E-state index in [4.69, 9.17) is 51.3 Å². The Morgan fingerprint density at radius 2 is 1.87 bits per heavy atom. The van der Waals surface area contributed by atoms with Gasteiger partial charge >= 0.3 is 29.2 Å². The van der Waals surface area contributed by atoms with Gasteiger partial charge in [-0.3, -0.25) is 18.7 Å². The molecule has 1 aromatic carbocycles. The minimum atomic E-state index is -5.83. The fourth-order valence-corrected chi connectivity index (χ4v) is 7.96. The molecule has 32 heteroatoms. The lowest BCUT2D eigenvalue weighted by molar-refractivity contribution is -0.127. The average Bonchev–Trinajstić information content (AvgIpc) is 3.58. The second kappa shape index (κ2) is 24.5. The van der Waals surface area contributed by atoms with Gasteiger partial charge in [-0.25, -0.2) is 18.5 Å². The molecule has 1 saturated heterocycles. The van der Waals surface area contributed by atoms with Crippen molar-refractivity contribution in [1.29, 1.82) is 0 Å². The lowest BCUT2D eigenvalue weighted by Crippen LogP contribution is -2.31. The highest BCUT2D eigenvalue weighted by Crippen LogP contribution is 2.66. The van der Waals surface area contributed by atoms with Crippen LogP contribution in [0.15, 0.2) is 45.5 Å². The van der Waals surface area contributed by atoms with Crippen molar-refractivity contribution in [3.8, 4) is 17.6 Å². The number of nitrogens with two attached hydrogens (primary N) is 2. The van der Waals surface area contributed by atoms with Crippen LogP contribution in [0.25, 0.3) is 20.9 Å². The van der Waals surface area contributed by atoms with Gasteiger partial charge < -0.3 is 60.6 Å². The van der Waals surface area contributed by atoms with Crippen LogP contribution in [0.1, 0.15) is 47.8 Å². The number of ether oxygens (including phenoxy) is 4. The number of benzene rings is 1. The van der Waals surface area contributed by atoms with E-state index in [-0.39, 0.29) is 42.6 Å². The first-order valence-corrected chi connectivity index (χ1v) is 21.9. The topological polar surface area (TPSA) is 439 Å². The summed E-state index contributed by atoms with van der Waals surface area (Å²) in [5, 5.41) is 11.9. The Kier molecular flexibility index (Phi) is 20.3. The Bertz CT molecular complexity index is 2210. The van der Waals surface area contributed by atoms with Crippen molar-refractivity contribution in [2.45, 2.75) is 50.3 Å². The normalized spacial score (nSPS) is 18.5. The van der Waals surface area contributed by atoms with E-state index < -0.39 is 79.7 Å². The standard InChI is InChI=1S/C29H41N12O17P3/c30-9-2-1-3-10-35-28(43)19-6-4-8-21(12-19)52-17-25(38-40-33)53-16-24(42)34-11-5-7-20-14-41(29(44)37-27(20)31)26-13-22(54-18-36-39-32)23(56-26)15-55-60(48,49)58-61(50,51)57-59(45,46)47/h4,6,8,12,14,22-23,25-26H,1-3,9-11,13,15-18,30H2,(H,34,42)(H,35,43)(H,48,49)(H,50,51)(H2,31,37,44)(H2,45,46,47). The molecule has 1 fully saturated rings. The van der Waals surface area contributed by atoms with Gasteiger partial charge in [0.1, 0.15) is 43.8 Å². The maximum Gasteiger partial charge on any atom is 0.490 e. The van der Waals surface area contributed by atoms with E-state index in [2.05, 4.69) is 60.7 Å². The fourth-order valence-electron chi connectivity index (χ4n) is 4.93. The van der Waals surface area contributed by atoms with Crippen LogP contribution in [0.4, 0.5) is 5.82 Å². The smallest absolute Gasteiger partial charge is 0.490 e. The second-order valence-corrected chi connectivity index (χ2v) is 16.5. The molecule has 1 aliphatic rings. The van der Waals surface area contributed by atoms with Gasteiger partial charge in [0.15, 0.2) is 6.23 Å². The van der Waals surface area contributed by atoms with E-state index in [1.54, 1.807) is 18.2 Å². The monoisotopic (exact) mass is 922 g/mol. The summed E-state index contributed by atoms with van der Waals surface area (Å²) < 4.78 is 69.8. The van der Waals surface area contributed by atoms with Crippen molar-refractivity contribution in [3.05, 3.63) is 73.0 Å². The van der Waals surface area contributed by atoms with Crippen LogP contribution in [0.2, 0.25) is 0 Å². The Morgan fingerprint density at radius 3 is 2.57 bits per heavy atom. The minimum Gasteiger partial charge on any atom is -0.491 e. The van der Waals surface area contributed by atoms with Crippen molar-refractivity contribution in [3.63, 3.8) is 0 Å². The zero-order chi connectivity index (χ0) is 45.1. The van der Waals surface area contributed by atoms with Gasteiger partial charge in [0.2, 0.25) is 5.91 Å². The zero-order valence-corrected chi connectivity index (χ0v) is 34.3. The molecule has 29 nitrogen and oxygen atoms in total. The molecule has 334 valence electrons. The molecule has 1 aromatic heterocycles. The summed E-state index contributed by atoms with van der Waals surface area (Å²) in [7, 11) is -17.1. The number of amides is 2. The summed E-state index contributed by atoms with van der Waals surface area (Å²) >= 11 is 0. The van der Waals surface area contributed by atoms with Crippen LogP contribution in [0, 0.1) is 11.8 Å². The van der Waals surface area contributed by atoms with E-state index >= 15 is 0 Å². The molecule has 0 aliphatic carbocycles. The van der Waals surface area contributed by atoms with E-state index in [0.29, 0.717) is 18.7 Å². The molecule has 2 aromatic rings. The number of phosphoric ester groups is 1. The van der Waals surface area contributed by atoms with E-state index in [1.807, 2.05) is 0 Å². The van der Waals surface area contributed by atoms with Gasteiger partial charge in [-0.1, -0.05) is 34.6 Å². The van der Waals surface area contributed by atoms with Crippen molar-refractivity contribution >= 4 is 41.1 Å². The Labute approximate surface area is 344 Å². The maximum atomic E-state index is 12.8. The molecule has 1 aliphatic heterocycles. The Hall–Kier alpha value is -4.93. The molecule has 0 spiro atoms. The van der Waals surface area contributed by atoms with Crippen LogP contribution >= 0.6 is 23.5 Å². The quantitative estimate of drug-likeness (QED) is 0.0173. The van der Waals surface area contributed by atoms with Gasteiger partial charge in [0.05, 0.1) is 24.8 Å². The largest absolute Gasteiger partial charge is 0.491 e. The molecule has 2 heterocycles. The lowest BCUT2D eigenvalue weighted by Gasteiger charge is -2.21. The number of aromatic nitrogens is 2. The number of hydrogen-bond donors (Lipinski definition) is 8. The number of nitrogen functional groups attached to an aromatic ring is 1. The molecule has 0 bridgehead atoms. The molecule has 61 heavy (non-hydrogen) atoms. The number of phosphoric acid groups is 3. The molecule has 6 unspecified atom stereocenters. The third kappa shape index (κ3) is 18.7. The molecule has 6 atom stereocenters. The number of carbonyl (C=O) groups is 2. The highest BCUT2D eigenvalue weighted by molar-refractivity contribution is 7.66.